The van der Waals surface area contributed by atoms with Crippen LogP contribution < -0.4 is 5.32 Å². The summed E-state index contributed by atoms with van der Waals surface area (Å²) in [5.41, 5.74) is 4.28. The Labute approximate surface area is 171 Å². The van der Waals surface area contributed by atoms with Crippen molar-refractivity contribution in [2.24, 2.45) is 0 Å². The van der Waals surface area contributed by atoms with Crippen LogP contribution in [0.2, 0.25) is 5.02 Å². The second-order valence-corrected chi connectivity index (χ2v) is 9.03. The number of nitrogens with zero attached hydrogens (tertiary/aromatic N) is 1. The molecule has 140 valence electrons. The SMILES string of the molecule is CC(C)(C)OC(=O)n1c(-c2ccc(Cl)c3c2CNC3)cc2cc(Br)ccc21. The first-order valence-corrected chi connectivity index (χ1v) is 9.97. The molecule has 0 atom stereocenters. The van der Waals surface area contributed by atoms with Gasteiger partial charge >= 0.3 is 6.09 Å². The molecule has 1 aromatic heterocycles. The number of aromatic nitrogens is 1. The van der Waals surface area contributed by atoms with E-state index in [2.05, 4.69) is 21.2 Å². The molecule has 0 saturated carbocycles. The molecule has 27 heavy (non-hydrogen) atoms. The lowest BCUT2D eigenvalue weighted by atomic mass is 10.0. The number of carbonyl (C=O) groups excluding carboxylic acids is 1. The van der Waals surface area contributed by atoms with Gasteiger partial charge in [-0.2, -0.15) is 0 Å². The fraction of sp³-hybridized carbons (Fsp3) is 0.286. The highest BCUT2D eigenvalue weighted by atomic mass is 79.9. The number of halogens is 2. The van der Waals surface area contributed by atoms with Crippen molar-refractivity contribution in [3.05, 3.63) is 57.0 Å². The maximum absolute atomic E-state index is 13.1. The van der Waals surface area contributed by atoms with Crippen molar-refractivity contribution in [1.29, 1.82) is 0 Å². The summed E-state index contributed by atoms with van der Waals surface area (Å²) >= 11 is 9.89. The third-order valence-corrected chi connectivity index (χ3v) is 5.44. The van der Waals surface area contributed by atoms with Crippen molar-refractivity contribution in [3.63, 3.8) is 0 Å². The Hall–Kier alpha value is -1.82. The van der Waals surface area contributed by atoms with Crippen LogP contribution in [0.4, 0.5) is 4.79 Å². The zero-order valence-corrected chi connectivity index (χ0v) is 17.7. The zero-order chi connectivity index (χ0) is 19.3. The predicted molar refractivity (Wildman–Crippen MR) is 112 cm³/mol. The summed E-state index contributed by atoms with van der Waals surface area (Å²) in [6, 6.07) is 11.8. The Kier molecular flexibility index (Phi) is 4.57. The first-order valence-electron chi connectivity index (χ1n) is 8.80. The number of carbonyl (C=O) groups is 1. The fourth-order valence-corrected chi connectivity index (χ4v) is 4.12. The largest absolute Gasteiger partial charge is 0.443 e. The van der Waals surface area contributed by atoms with E-state index in [1.807, 2.05) is 57.2 Å². The van der Waals surface area contributed by atoms with Gasteiger partial charge < -0.3 is 10.1 Å². The second-order valence-electron chi connectivity index (χ2n) is 7.70. The molecule has 1 aliphatic heterocycles. The molecular weight excluding hydrogens is 428 g/mol. The van der Waals surface area contributed by atoms with Crippen LogP contribution in [0.15, 0.2) is 40.9 Å². The molecule has 2 heterocycles. The Bertz CT molecular complexity index is 1070. The fourth-order valence-electron chi connectivity index (χ4n) is 3.50. The van der Waals surface area contributed by atoms with Crippen molar-refractivity contribution in [1.82, 2.24) is 9.88 Å². The van der Waals surface area contributed by atoms with Crippen molar-refractivity contribution in [2.45, 2.75) is 39.5 Å². The number of benzene rings is 2. The molecule has 6 heteroatoms. The predicted octanol–water partition coefficient (Wildman–Crippen LogP) is 6.11. The average Bonchev–Trinajstić information content (AvgIpc) is 3.18. The molecule has 0 bridgehead atoms. The van der Waals surface area contributed by atoms with Crippen molar-refractivity contribution >= 4 is 44.5 Å². The van der Waals surface area contributed by atoms with Crippen LogP contribution in [0.1, 0.15) is 31.9 Å². The quantitative estimate of drug-likeness (QED) is 0.489. The molecule has 0 unspecified atom stereocenters. The minimum atomic E-state index is -0.580. The molecule has 0 radical (unpaired) electrons. The first-order chi connectivity index (χ1) is 12.7. The molecule has 2 aromatic carbocycles. The average molecular weight is 448 g/mol. The molecule has 0 saturated heterocycles. The summed E-state index contributed by atoms with van der Waals surface area (Å²) in [7, 11) is 0. The third kappa shape index (κ3) is 3.40. The molecule has 0 aliphatic carbocycles. The Morgan fingerprint density at radius 3 is 2.63 bits per heavy atom. The zero-order valence-electron chi connectivity index (χ0n) is 15.4. The van der Waals surface area contributed by atoms with Gasteiger partial charge in [-0.15, -0.1) is 0 Å². The first kappa shape index (κ1) is 18.5. The van der Waals surface area contributed by atoms with Gasteiger partial charge in [-0.25, -0.2) is 9.36 Å². The number of hydrogen-bond acceptors (Lipinski definition) is 3. The van der Waals surface area contributed by atoms with E-state index >= 15 is 0 Å². The Balaban J connectivity index is 1.97. The summed E-state index contributed by atoms with van der Waals surface area (Å²) < 4.78 is 8.32. The van der Waals surface area contributed by atoms with Crippen molar-refractivity contribution < 1.29 is 9.53 Å². The van der Waals surface area contributed by atoms with Gasteiger partial charge in [0.25, 0.3) is 0 Å². The van der Waals surface area contributed by atoms with Crippen LogP contribution in [0.5, 0.6) is 0 Å². The molecular formula is C21H20BrClN2O2. The summed E-state index contributed by atoms with van der Waals surface area (Å²) in [5.74, 6) is 0. The number of hydrogen-bond donors (Lipinski definition) is 1. The number of rotatable bonds is 1. The highest BCUT2D eigenvalue weighted by Crippen LogP contribution is 2.37. The minimum absolute atomic E-state index is 0.385. The van der Waals surface area contributed by atoms with Gasteiger partial charge in [0.1, 0.15) is 5.60 Å². The third-order valence-electron chi connectivity index (χ3n) is 4.59. The van der Waals surface area contributed by atoms with Crippen LogP contribution in [0.3, 0.4) is 0 Å². The van der Waals surface area contributed by atoms with Crippen LogP contribution in [0.25, 0.3) is 22.2 Å². The molecule has 1 N–H and O–H groups in total. The number of ether oxygens (including phenoxy) is 1. The topological polar surface area (TPSA) is 43.3 Å². The Morgan fingerprint density at radius 1 is 1.15 bits per heavy atom. The van der Waals surface area contributed by atoms with Gasteiger partial charge in [0, 0.05) is 33.5 Å². The van der Waals surface area contributed by atoms with E-state index in [1.165, 1.54) is 0 Å². The Morgan fingerprint density at radius 2 is 1.89 bits per heavy atom. The molecule has 0 amide bonds. The summed E-state index contributed by atoms with van der Waals surface area (Å²) in [5, 5.41) is 5.07. The molecule has 1 aliphatic rings. The van der Waals surface area contributed by atoms with Crippen LogP contribution in [-0.4, -0.2) is 16.3 Å². The summed E-state index contributed by atoms with van der Waals surface area (Å²) in [6.07, 6.45) is -0.385. The van der Waals surface area contributed by atoms with Crippen molar-refractivity contribution in [2.75, 3.05) is 0 Å². The lowest BCUT2D eigenvalue weighted by molar-refractivity contribution is 0.0547. The monoisotopic (exact) mass is 446 g/mol. The molecule has 4 nitrogen and oxygen atoms in total. The van der Waals surface area contributed by atoms with Gasteiger partial charge in [-0.1, -0.05) is 33.6 Å². The molecule has 4 rings (SSSR count). The number of nitrogens with one attached hydrogen (secondary N) is 1. The molecule has 0 fully saturated rings. The maximum atomic E-state index is 13.1. The van der Waals surface area contributed by atoms with E-state index < -0.39 is 5.60 Å². The van der Waals surface area contributed by atoms with Gasteiger partial charge in [0.15, 0.2) is 0 Å². The van der Waals surface area contributed by atoms with Crippen LogP contribution in [0, 0.1) is 0 Å². The number of fused-ring (bicyclic) bond motifs is 2. The highest BCUT2D eigenvalue weighted by Gasteiger charge is 2.26. The van der Waals surface area contributed by atoms with E-state index in [0.717, 1.165) is 55.9 Å². The van der Waals surface area contributed by atoms with E-state index in [4.69, 9.17) is 16.3 Å². The van der Waals surface area contributed by atoms with Crippen LogP contribution in [-0.2, 0) is 17.8 Å². The second kappa shape index (κ2) is 6.66. The van der Waals surface area contributed by atoms with E-state index in [9.17, 15) is 4.79 Å². The lowest BCUT2D eigenvalue weighted by Crippen LogP contribution is -2.27. The lowest BCUT2D eigenvalue weighted by Gasteiger charge is -2.21. The van der Waals surface area contributed by atoms with E-state index in [0.29, 0.717) is 0 Å². The highest BCUT2D eigenvalue weighted by molar-refractivity contribution is 9.10. The smallest absolute Gasteiger partial charge is 0.419 e. The minimum Gasteiger partial charge on any atom is -0.443 e. The standard InChI is InChI=1S/C21H20BrClN2O2/c1-21(2,3)27-20(26)25-18-7-4-13(22)8-12(18)9-19(25)14-5-6-17(23)16-11-24-10-15(14)16/h4-9,24H,10-11H2,1-3H3. The van der Waals surface area contributed by atoms with Gasteiger partial charge in [0.2, 0.25) is 0 Å². The summed E-state index contributed by atoms with van der Waals surface area (Å²) in [6.45, 7) is 7.08. The van der Waals surface area contributed by atoms with Gasteiger partial charge in [0.05, 0.1) is 11.2 Å². The van der Waals surface area contributed by atoms with E-state index in [1.54, 1.807) is 4.57 Å². The normalized spacial score (nSPS) is 13.8. The molecule has 3 aromatic rings. The van der Waals surface area contributed by atoms with Crippen LogP contribution >= 0.6 is 27.5 Å². The van der Waals surface area contributed by atoms with Gasteiger partial charge in [-0.05, 0) is 62.2 Å². The summed E-state index contributed by atoms with van der Waals surface area (Å²) in [4.78, 5) is 13.1. The van der Waals surface area contributed by atoms with Gasteiger partial charge in [-0.3, -0.25) is 0 Å². The molecule has 0 spiro atoms. The van der Waals surface area contributed by atoms with E-state index in [-0.39, 0.29) is 6.09 Å². The maximum Gasteiger partial charge on any atom is 0.419 e. The van der Waals surface area contributed by atoms with Crippen molar-refractivity contribution in [3.8, 4) is 11.3 Å².